The van der Waals surface area contributed by atoms with Gasteiger partial charge in [0.15, 0.2) is 0 Å². The Balaban J connectivity index is 2.01. The van der Waals surface area contributed by atoms with Gasteiger partial charge < -0.3 is 15.0 Å². The summed E-state index contributed by atoms with van der Waals surface area (Å²) >= 11 is 0. The van der Waals surface area contributed by atoms with Crippen LogP contribution in [0.2, 0.25) is 0 Å². The number of amides is 2. The Labute approximate surface area is 225 Å². The molecule has 0 aliphatic carbocycles. The molecule has 0 saturated carbocycles. The molecule has 0 aromatic heterocycles. The van der Waals surface area contributed by atoms with Crippen LogP contribution in [0.5, 0.6) is 5.75 Å². The van der Waals surface area contributed by atoms with E-state index >= 15 is 0 Å². The van der Waals surface area contributed by atoms with Gasteiger partial charge in [0, 0.05) is 12.1 Å². The Morgan fingerprint density at radius 3 is 1.97 bits per heavy atom. The molecule has 3 rings (SSSR count). The number of nitrogens with zero attached hydrogens (tertiary/aromatic N) is 2. The number of carbonyl (C=O) groups excluding carboxylic acids is 2. The predicted molar refractivity (Wildman–Crippen MR) is 148 cm³/mol. The summed E-state index contributed by atoms with van der Waals surface area (Å²) in [6.45, 7) is 6.87. The fraction of sp³-hybridized carbons (Fsp3) is 0.310. The van der Waals surface area contributed by atoms with E-state index < -0.39 is 34.1 Å². The van der Waals surface area contributed by atoms with Gasteiger partial charge in [-0.15, -0.1) is 0 Å². The summed E-state index contributed by atoms with van der Waals surface area (Å²) in [6, 6.07) is 22.8. The van der Waals surface area contributed by atoms with Crippen LogP contribution in [0, 0.1) is 0 Å². The highest BCUT2D eigenvalue weighted by atomic mass is 32.2. The van der Waals surface area contributed by atoms with Crippen LogP contribution in [-0.4, -0.2) is 50.4 Å². The topological polar surface area (TPSA) is 96.0 Å². The minimum absolute atomic E-state index is 0.0525. The summed E-state index contributed by atoms with van der Waals surface area (Å²) in [7, 11) is -2.59. The van der Waals surface area contributed by atoms with Crippen molar-refractivity contribution in [3.05, 3.63) is 90.5 Å². The maximum absolute atomic E-state index is 13.9. The van der Waals surface area contributed by atoms with Gasteiger partial charge >= 0.3 is 0 Å². The fourth-order valence-corrected chi connectivity index (χ4v) is 5.27. The van der Waals surface area contributed by atoms with E-state index in [2.05, 4.69) is 5.32 Å². The molecular formula is C29H35N3O5S. The van der Waals surface area contributed by atoms with Gasteiger partial charge in [-0.2, -0.15) is 0 Å². The summed E-state index contributed by atoms with van der Waals surface area (Å²) in [4.78, 5) is 28.4. The first-order valence-electron chi connectivity index (χ1n) is 12.3. The van der Waals surface area contributed by atoms with Crippen LogP contribution in [0.3, 0.4) is 0 Å². The molecular weight excluding hydrogens is 502 g/mol. The molecule has 0 radical (unpaired) electrons. The third kappa shape index (κ3) is 7.35. The van der Waals surface area contributed by atoms with E-state index in [1.54, 1.807) is 49.4 Å². The van der Waals surface area contributed by atoms with Crippen LogP contribution in [0.1, 0.15) is 33.3 Å². The van der Waals surface area contributed by atoms with Crippen LogP contribution in [0.25, 0.3) is 0 Å². The van der Waals surface area contributed by atoms with Crippen LogP contribution in [0.15, 0.2) is 89.8 Å². The van der Waals surface area contributed by atoms with Crippen molar-refractivity contribution in [2.45, 2.75) is 50.7 Å². The summed E-state index contributed by atoms with van der Waals surface area (Å²) < 4.78 is 33.8. The predicted octanol–water partition coefficient (Wildman–Crippen LogP) is 4.22. The molecule has 3 aromatic carbocycles. The molecule has 0 aliphatic heterocycles. The number of benzene rings is 3. The van der Waals surface area contributed by atoms with Gasteiger partial charge in [-0.05, 0) is 69.7 Å². The van der Waals surface area contributed by atoms with Crippen LogP contribution in [-0.2, 0) is 26.2 Å². The smallest absolute Gasteiger partial charge is 0.264 e. The second-order valence-electron chi connectivity index (χ2n) is 9.95. The third-order valence-electron chi connectivity index (χ3n) is 5.83. The number of ether oxygens (including phenoxy) is 1. The van der Waals surface area contributed by atoms with Gasteiger partial charge in [0.05, 0.1) is 17.7 Å². The highest BCUT2D eigenvalue weighted by Gasteiger charge is 2.33. The van der Waals surface area contributed by atoms with Gasteiger partial charge in [-0.3, -0.25) is 13.9 Å². The van der Waals surface area contributed by atoms with Crippen molar-refractivity contribution in [3.63, 3.8) is 0 Å². The number of carbonyl (C=O) groups is 2. The van der Waals surface area contributed by atoms with Crippen molar-refractivity contribution in [1.82, 2.24) is 10.2 Å². The molecule has 38 heavy (non-hydrogen) atoms. The second-order valence-corrected chi connectivity index (χ2v) is 11.8. The maximum atomic E-state index is 13.9. The Morgan fingerprint density at radius 1 is 0.895 bits per heavy atom. The zero-order valence-corrected chi connectivity index (χ0v) is 23.2. The fourth-order valence-electron chi connectivity index (χ4n) is 3.83. The Kier molecular flexibility index (Phi) is 9.17. The minimum Gasteiger partial charge on any atom is -0.497 e. The molecule has 0 saturated heterocycles. The van der Waals surface area contributed by atoms with E-state index in [1.807, 2.05) is 51.1 Å². The Hall–Kier alpha value is -3.85. The van der Waals surface area contributed by atoms with Crippen molar-refractivity contribution in [2.75, 3.05) is 18.0 Å². The van der Waals surface area contributed by atoms with E-state index in [9.17, 15) is 18.0 Å². The molecule has 0 aliphatic rings. The number of sulfonamides is 1. The molecule has 9 heteroatoms. The monoisotopic (exact) mass is 537 g/mol. The quantitative estimate of drug-likeness (QED) is 0.418. The SMILES string of the molecule is COc1ccc(N(CC(=O)N(Cc2ccccc2)[C@H](C)C(=O)NC(C)(C)C)S(=O)(=O)c2ccccc2)cc1. The summed E-state index contributed by atoms with van der Waals surface area (Å²) in [5, 5.41) is 2.92. The van der Waals surface area contributed by atoms with Crippen molar-refractivity contribution in [1.29, 1.82) is 0 Å². The standard InChI is InChI=1S/C29H35N3O5S/c1-22(28(34)30-29(2,3)4)31(20-23-12-8-6-9-13-23)27(33)21-32(24-16-18-25(37-5)19-17-24)38(35,36)26-14-10-7-11-15-26/h6-19,22H,20-21H2,1-5H3,(H,30,34)/t22-/m1/s1. The lowest BCUT2D eigenvalue weighted by Gasteiger charge is -2.33. The van der Waals surface area contributed by atoms with Crippen molar-refractivity contribution in [3.8, 4) is 5.75 Å². The van der Waals surface area contributed by atoms with Crippen molar-refractivity contribution < 1.29 is 22.7 Å². The molecule has 0 heterocycles. The van der Waals surface area contributed by atoms with Crippen LogP contribution >= 0.6 is 0 Å². The number of anilines is 1. The average Bonchev–Trinajstić information content (AvgIpc) is 2.90. The highest BCUT2D eigenvalue weighted by Crippen LogP contribution is 2.26. The molecule has 0 unspecified atom stereocenters. The van der Waals surface area contributed by atoms with E-state index in [0.717, 1.165) is 9.87 Å². The Bertz CT molecular complexity index is 1320. The lowest BCUT2D eigenvalue weighted by molar-refractivity contribution is -0.140. The number of rotatable bonds is 10. The van der Waals surface area contributed by atoms with Crippen LogP contribution < -0.4 is 14.4 Å². The zero-order chi connectivity index (χ0) is 27.9. The molecule has 2 amide bonds. The van der Waals surface area contributed by atoms with Gasteiger partial charge in [0.1, 0.15) is 18.3 Å². The lowest BCUT2D eigenvalue weighted by Crippen LogP contribution is -2.54. The molecule has 8 nitrogen and oxygen atoms in total. The number of hydrogen-bond acceptors (Lipinski definition) is 5. The van der Waals surface area contributed by atoms with E-state index in [4.69, 9.17) is 4.74 Å². The van der Waals surface area contributed by atoms with E-state index in [0.29, 0.717) is 11.4 Å². The molecule has 3 aromatic rings. The van der Waals surface area contributed by atoms with Gasteiger partial charge in [0.2, 0.25) is 11.8 Å². The summed E-state index contributed by atoms with van der Waals surface area (Å²) in [6.07, 6.45) is 0. The number of methoxy groups -OCH3 is 1. The normalized spacial score (nSPS) is 12.3. The summed E-state index contributed by atoms with van der Waals surface area (Å²) in [5.41, 5.74) is 0.617. The largest absolute Gasteiger partial charge is 0.497 e. The van der Waals surface area contributed by atoms with E-state index in [-0.39, 0.29) is 17.3 Å². The molecule has 0 bridgehead atoms. The van der Waals surface area contributed by atoms with Gasteiger partial charge in [-0.25, -0.2) is 8.42 Å². The molecule has 202 valence electrons. The van der Waals surface area contributed by atoms with Crippen LogP contribution in [0.4, 0.5) is 5.69 Å². The first-order chi connectivity index (χ1) is 17.9. The zero-order valence-electron chi connectivity index (χ0n) is 22.4. The maximum Gasteiger partial charge on any atom is 0.264 e. The molecule has 0 fully saturated rings. The van der Waals surface area contributed by atoms with Gasteiger partial charge in [0.25, 0.3) is 10.0 Å². The average molecular weight is 538 g/mol. The second kappa shape index (κ2) is 12.1. The van der Waals surface area contributed by atoms with E-state index in [1.165, 1.54) is 24.1 Å². The Morgan fingerprint density at radius 2 is 1.45 bits per heavy atom. The lowest BCUT2D eigenvalue weighted by atomic mass is 10.1. The van der Waals surface area contributed by atoms with Crippen molar-refractivity contribution in [2.24, 2.45) is 0 Å². The highest BCUT2D eigenvalue weighted by molar-refractivity contribution is 7.92. The molecule has 1 atom stereocenters. The van der Waals surface area contributed by atoms with Crippen molar-refractivity contribution >= 4 is 27.5 Å². The first-order valence-corrected chi connectivity index (χ1v) is 13.7. The third-order valence-corrected chi connectivity index (χ3v) is 7.62. The number of hydrogen-bond donors (Lipinski definition) is 1. The first kappa shape index (κ1) is 28.7. The number of nitrogens with one attached hydrogen (secondary N) is 1. The molecule has 0 spiro atoms. The van der Waals surface area contributed by atoms with Gasteiger partial charge in [-0.1, -0.05) is 48.5 Å². The minimum atomic E-state index is -4.11. The summed E-state index contributed by atoms with van der Waals surface area (Å²) in [5.74, 6) is -0.292. The molecule has 1 N–H and O–H groups in total.